The molecule has 0 amide bonds. The molecular weight excluding hydrogens is 266 g/mol. The van der Waals surface area contributed by atoms with Crippen molar-refractivity contribution in [1.82, 2.24) is 9.97 Å². The van der Waals surface area contributed by atoms with Crippen LogP contribution in [-0.4, -0.2) is 44.0 Å². The van der Waals surface area contributed by atoms with Crippen molar-refractivity contribution in [3.05, 3.63) is 11.9 Å². The summed E-state index contributed by atoms with van der Waals surface area (Å²) in [7, 11) is -1.18. The molecule has 0 atom stereocenters. The summed E-state index contributed by atoms with van der Waals surface area (Å²) in [4.78, 5) is 10.1. The van der Waals surface area contributed by atoms with Gasteiger partial charge in [-0.1, -0.05) is 13.3 Å². The molecule has 1 rings (SSSR count). The number of nitrogen functional groups attached to an aromatic ring is 1. The van der Waals surface area contributed by atoms with Gasteiger partial charge in [-0.3, -0.25) is 0 Å². The zero-order valence-corrected chi connectivity index (χ0v) is 12.4. The molecule has 0 fully saturated rings. The van der Waals surface area contributed by atoms with Crippen LogP contribution in [0.15, 0.2) is 6.33 Å². The van der Waals surface area contributed by atoms with E-state index in [2.05, 4.69) is 15.4 Å². The smallest absolute Gasteiger partial charge is 0.149 e. The Hall–Kier alpha value is -1.41. The molecule has 1 aromatic rings. The fourth-order valence-corrected chi connectivity index (χ4v) is 2.35. The molecule has 1 heterocycles. The van der Waals surface area contributed by atoms with Crippen molar-refractivity contribution >= 4 is 21.5 Å². The molecule has 0 bridgehead atoms. The molecule has 0 aromatic carbocycles. The van der Waals surface area contributed by atoms with Gasteiger partial charge in [0.2, 0.25) is 0 Å². The average molecular weight is 287 g/mol. The van der Waals surface area contributed by atoms with Crippen molar-refractivity contribution in [2.45, 2.75) is 19.8 Å². The summed E-state index contributed by atoms with van der Waals surface area (Å²) in [6.45, 7) is 2.43. The Morgan fingerprint density at radius 1 is 1.42 bits per heavy atom. The predicted octanol–water partition coefficient (Wildman–Crippen LogP) is 0.196. The first kappa shape index (κ1) is 15.6. The molecule has 0 aliphatic carbocycles. The molecule has 7 nitrogen and oxygen atoms in total. The van der Waals surface area contributed by atoms with Crippen LogP contribution >= 0.6 is 0 Å². The molecule has 3 N–H and O–H groups in total. The number of nitrogens with zero attached hydrogens (tertiary/aromatic N) is 3. The van der Waals surface area contributed by atoms with E-state index in [1.165, 1.54) is 12.6 Å². The Morgan fingerprint density at radius 3 is 2.63 bits per heavy atom. The quantitative estimate of drug-likeness (QED) is 0.545. The molecule has 0 radical (unpaired) electrons. The molecule has 0 unspecified atom stereocenters. The lowest BCUT2D eigenvalue weighted by atomic mass is 10.1. The maximum absolute atomic E-state index is 11.2. The van der Waals surface area contributed by atoms with Gasteiger partial charge in [-0.05, 0) is 6.42 Å². The largest absolute Gasteiger partial charge is 0.358 e. The summed E-state index contributed by atoms with van der Waals surface area (Å²) in [5.74, 6) is 6.82. The van der Waals surface area contributed by atoms with Gasteiger partial charge in [0.25, 0.3) is 0 Å². The fourth-order valence-electron chi connectivity index (χ4n) is 1.75. The van der Waals surface area contributed by atoms with E-state index < -0.39 is 9.84 Å². The second-order valence-electron chi connectivity index (χ2n) is 4.47. The van der Waals surface area contributed by atoms with Gasteiger partial charge in [0, 0.05) is 25.4 Å². The SMILES string of the molecule is CCCc1c(NN)ncnc1N(C)CCS(C)(=O)=O. The topological polar surface area (TPSA) is 101 Å². The minimum atomic E-state index is -2.99. The van der Waals surface area contributed by atoms with Crippen LogP contribution in [-0.2, 0) is 16.3 Å². The zero-order chi connectivity index (χ0) is 14.5. The third kappa shape index (κ3) is 4.64. The van der Waals surface area contributed by atoms with E-state index >= 15 is 0 Å². The van der Waals surface area contributed by atoms with Crippen LogP contribution in [0.1, 0.15) is 18.9 Å². The van der Waals surface area contributed by atoms with E-state index in [1.807, 2.05) is 18.9 Å². The minimum Gasteiger partial charge on any atom is -0.358 e. The van der Waals surface area contributed by atoms with Crippen molar-refractivity contribution in [3.8, 4) is 0 Å². The van der Waals surface area contributed by atoms with Crippen molar-refractivity contribution < 1.29 is 8.42 Å². The summed E-state index contributed by atoms with van der Waals surface area (Å²) < 4.78 is 22.4. The molecule has 0 saturated heterocycles. The van der Waals surface area contributed by atoms with Crippen LogP contribution < -0.4 is 16.2 Å². The van der Waals surface area contributed by atoms with Gasteiger partial charge in [0.15, 0.2) is 0 Å². The van der Waals surface area contributed by atoms with Crippen molar-refractivity contribution in [1.29, 1.82) is 0 Å². The van der Waals surface area contributed by atoms with E-state index in [1.54, 1.807) is 0 Å². The second-order valence-corrected chi connectivity index (χ2v) is 6.73. The van der Waals surface area contributed by atoms with Gasteiger partial charge >= 0.3 is 0 Å². The first-order valence-electron chi connectivity index (χ1n) is 6.08. The number of hydrazine groups is 1. The Morgan fingerprint density at radius 2 is 2.11 bits per heavy atom. The van der Waals surface area contributed by atoms with Crippen LogP contribution in [0.2, 0.25) is 0 Å². The normalized spacial score (nSPS) is 11.4. The van der Waals surface area contributed by atoms with Gasteiger partial charge < -0.3 is 10.3 Å². The summed E-state index contributed by atoms with van der Waals surface area (Å²) >= 11 is 0. The number of anilines is 2. The number of nitrogens with two attached hydrogens (primary N) is 1. The Balaban J connectivity index is 2.98. The maximum Gasteiger partial charge on any atom is 0.149 e. The van der Waals surface area contributed by atoms with E-state index in [0.717, 1.165) is 18.4 Å². The fraction of sp³-hybridized carbons (Fsp3) is 0.636. The number of aromatic nitrogens is 2. The number of hydrogen-bond acceptors (Lipinski definition) is 7. The first-order valence-corrected chi connectivity index (χ1v) is 8.14. The zero-order valence-electron chi connectivity index (χ0n) is 11.5. The third-order valence-corrected chi connectivity index (χ3v) is 3.64. The van der Waals surface area contributed by atoms with Gasteiger partial charge in [-0.15, -0.1) is 0 Å². The predicted molar refractivity (Wildman–Crippen MR) is 76.8 cm³/mol. The summed E-state index contributed by atoms with van der Waals surface area (Å²) in [5, 5.41) is 0. The highest BCUT2D eigenvalue weighted by Gasteiger charge is 2.15. The van der Waals surface area contributed by atoms with Gasteiger partial charge in [0.05, 0.1) is 5.75 Å². The lowest BCUT2D eigenvalue weighted by molar-refractivity contribution is 0.601. The first-order chi connectivity index (χ1) is 8.89. The Kier molecular flexibility index (Phi) is 5.49. The lowest BCUT2D eigenvalue weighted by Gasteiger charge is -2.21. The van der Waals surface area contributed by atoms with Crippen LogP contribution in [0.4, 0.5) is 11.6 Å². The molecule has 19 heavy (non-hydrogen) atoms. The Labute approximate surface area is 114 Å². The molecule has 0 saturated carbocycles. The van der Waals surface area contributed by atoms with Crippen LogP contribution in [0.25, 0.3) is 0 Å². The average Bonchev–Trinajstić information content (AvgIpc) is 2.35. The van der Waals surface area contributed by atoms with Gasteiger partial charge in [0.1, 0.15) is 27.8 Å². The highest BCUT2D eigenvalue weighted by Crippen LogP contribution is 2.23. The third-order valence-electron chi connectivity index (χ3n) is 2.72. The van der Waals surface area contributed by atoms with Gasteiger partial charge in [-0.2, -0.15) is 0 Å². The van der Waals surface area contributed by atoms with Gasteiger partial charge in [-0.25, -0.2) is 24.2 Å². The molecule has 1 aromatic heterocycles. The van der Waals surface area contributed by atoms with E-state index in [-0.39, 0.29) is 5.75 Å². The molecule has 0 aliphatic heterocycles. The molecule has 108 valence electrons. The number of rotatable bonds is 7. The molecular formula is C11H21N5O2S. The van der Waals surface area contributed by atoms with Crippen LogP contribution in [0, 0.1) is 0 Å². The second kappa shape index (κ2) is 6.67. The van der Waals surface area contributed by atoms with Crippen molar-refractivity contribution in [2.24, 2.45) is 5.84 Å². The summed E-state index contributed by atoms with van der Waals surface area (Å²) in [6.07, 6.45) is 4.34. The number of hydrogen-bond donors (Lipinski definition) is 2. The van der Waals surface area contributed by atoms with E-state index in [9.17, 15) is 8.42 Å². The van der Waals surface area contributed by atoms with E-state index in [0.29, 0.717) is 18.2 Å². The number of nitrogens with one attached hydrogen (secondary N) is 1. The van der Waals surface area contributed by atoms with Crippen LogP contribution in [0.5, 0.6) is 0 Å². The minimum absolute atomic E-state index is 0.0878. The van der Waals surface area contributed by atoms with Crippen molar-refractivity contribution in [2.75, 3.05) is 35.9 Å². The van der Waals surface area contributed by atoms with E-state index in [4.69, 9.17) is 5.84 Å². The monoisotopic (exact) mass is 287 g/mol. The Bertz CT molecular complexity index is 518. The summed E-state index contributed by atoms with van der Waals surface area (Å²) in [6, 6.07) is 0. The maximum atomic E-state index is 11.2. The van der Waals surface area contributed by atoms with Crippen molar-refractivity contribution in [3.63, 3.8) is 0 Å². The molecule has 0 aliphatic rings. The highest BCUT2D eigenvalue weighted by atomic mass is 32.2. The highest BCUT2D eigenvalue weighted by molar-refractivity contribution is 7.90. The standard InChI is InChI=1S/C11H21N5O2S/c1-4-5-9-10(15-12)13-8-14-11(9)16(2)6-7-19(3,17)18/h8H,4-7,12H2,1-3H3,(H,13,14,15). The molecule has 0 spiro atoms. The van der Waals surface area contributed by atoms with Crippen LogP contribution in [0.3, 0.4) is 0 Å². The molecule has 8 heteroatoms. The summed E-state index contributed by atoms with van der Waals surface area (Å²) in [5.41, 5.74) is 3.46. The number of sulfone groups is 1. The lowest BCUT2D eigenvalue weighted by Crippen LogP contribution is -2.27.